The van der Waals surface area contributed by atoms with Gasteiger partial charge in [-0.05, 0) is 41.9 Å². The number of hydrogen-bond donors (Lipinski definition) is 1. The molecule has 0 aliphatic heterocycles. The van der Waals surface area contributed by atoms with Crippen molar-refractivity contribution in [3.63, 3.8) is 0 Å². The van der Waals surface area contributed by atoms with Gasteiger partial charge < -0.3 is 5.73 Å². The number of benzene rings is 1. The number of nitrogen functional groups attached to an aromatic ring is 1. The Labute approximate surface area is 100 Å². The molecule has 0 fully saturated rings. The largest absolute Gasteiger partial charge is 0.383 e. The summed E-state index contributed by atoms with van der Waals surface area (Å²) in [7, 11) is 0. The molecule has 84 valence electrons. The highest BCUT2D eigenvalue weighted by Crippen LogP contribution is 2.20. The molecule has 2 N–H and O–H groups in total. The molecule has 3 heteroatoms. The third-order valence-corrected chi connectivity index (χ3v) is 3.37. The molecule has 2 aromatic rings. The topological polar surface area (TPSA) is 38.9 Å². The number of aryl methyl sites for hydroxylation is 1. The summed E-state index contributed by atoms with van der Waals surface area (Å²) in [5.74, 6) is 1.84. The minimum absolute atomic E-state index is 0.619. The average Bonchev–Trinajstić information content (AvgIpc) is 2.30. The first kappa shape index (κ1) is 11.3. The maximum Gasteiger partial charge on any atom is 0.131 e. The van der Waals surface area contributed by atoms with Crippen molar-refractivity contribution in [1.29, 1.82) is 0 Å². The Morgan fingerprint density at radius 3 is 3.00 bits per heavy atom. The molecule has 1 aromatic heterocycles. The van der Waals surface area contributed by atoms with Crippen LogP contribution < -0.4 is 5.73 Å². The number of aromatic nitrogens is 1. The third kappa shape index (κ3) is 2.47. The highest BCUT2D eigenvalue weighted by molar-refractivity contribution is 7.98. The zero-order chi connectivity index (χ0) is 11.4. The lowest BCUT2D eigenvalue weighted by atomic mass is 10.1. The second-order valence-electron chi connectivity index (χ2n) is 3.85. The van der Waals surface area contributed by atoms with Crippen LogP contribution in [-0.2, 0) is 6.42 Å². The van der Waals surface area contributed by atoms with E-state index in [9.17, 15) is 0 Å². The van der Waals surface area contributed by atoms with Crippen LogP contribution in [0.5, 0.6) is 0 Å². The third-order valence-electron chi connectivity index (χ3n) is 2.67. The fourth-order valence-corrected chi connectivity index (χ4v) is 2.26. The summed E-state index contributed by atoms with van der Waals surface area (Å²) in [6.07, 6.45) is 6.28. The van der Waals surface area contributed by atoms with E-state index in [0.29, 0.717) is 5.82 Å². The minimum Gasteiger partial charge on any atom is -0.383 e. The van der Waals surface area contributed by atoms with Crippen LogP contribution in [0.25, 0.3) is 10.8 Å². The fourth-order valence-electron chi connectivity index (χ4n) is 1.83. The van der Waals surface area contributed by atoms with Gasteiger partial charge in [-0.1, -0.05) is 18.2 Å². The number of rotatable bonds is 4. The van der Waals surface area contributed by atoms with Crippen LogP contribution in [0.15, 0.2) is 30.5 Å². The van der Waals surface area contributed by atoms with Crippen molar-refractivity contribution >= 4 is 28.4 Å². The molecule has 2 nitrogen and oxygen atoms in total. The number of thioether (sulfide) groups is 1. The monoisotopic (exact) mass is 232 g/mol. The Morgan fingerprint density at radius 2 is 2.19 bits per heavy atom. The van der Waals surface area contributed by atoms with Crippen LogP contribution in [-0.4, -0.2) is 17.0 Å². The van der Waals surface area contributed by atoms with E-state index < -0.39 is 0 Å². The molecular formula is C13H16N2S. The molecule has 0 amide bonds. The van der Waals surface area contributed by atoms with Gasteiger partial charge in [0, 0.05) is 11.6 Å². The second kappa shape index (κ2) is 5.21. The number of anilines is 1. The van der Waals surface area contributed by atoms with Crippen molar-refractivity contribution in [1.82, 2.24) is 4.98 Å². The first-order chi connectivity index (χ1) is 7.81. The van der Waals surface area contributed by atoms with Crippen LogP contribution in [0.4, 0.5) is 5.82 Å². The number of nitrogens with zero attached hydrogens (tertiary/aromatic N) is 1. The summed E-state index contributed by atoms with van der Waals surface area (Å²) in [6, 6.07) is 8.46. The maximum atomic E-state index is 5.81. The zero-order valence-electron chi connectivity index (χ0n) is 9.44. The number of nitrogens with two attached hydrogens (primary N) is 1. The van der Waals surface area contributed by atoms with Gasteiger partial charge in [0.05, 0.1) is 0 Å². The number of fused-ring (bicyclic) bond motifs is 1. The highest BCUT2D eigenvalue weighted by Gasteiger charge is 2.00. The quantitative estimate of drug-likeness (QED) is 0.823. The van der Waals surface area contributed by atoms with E-state index in [1.807, 2.05) is 17.8 Å². The zero-order valence-corrected chi connectivity index (χ0v) is 10.3. The van der Waals surface area contributed by atoms with Crippen molar-refractivity contribution in [3.8, 4) is 0 Å². The molecule has 0 radical (unpaired) electrons. The molecule has 0 unspecified atom stereocenters. The van der Waals surface area contributed by atoms with Gasteiger partial charge in [-0.2, -0.15) is 11.8 Å². The summed E-state index contributed by atoms with van der Waals surface area (Å²) < 4.78 is 0. The molecule has 0 saturated heterocycles. The molecule has 1 aromatic carbocycles. The fraction of sp³-hybridized carbons (Fsp3) is 0.308. The van der Waals surface area contributed by atoms with Crippen LogP contribution in [0.1, 0.15) is 12.0 Å². The Balaban J connectivity index is 2.23. The van der Waals surface area contributed by atoms with E-state index in [4.69, 9.17) is 5.73 Å². The van der Waals surface area contributed by atoms with Gasteiger partial charge in [0.2, 0.25) is 0 Å². The van der Waals surface area contributed by atoms with Crippen LogP contribution in [0.2, 0.25) is 0 Å². The lowest BCUT2D eigenvalue weighted by Gasteiger charge is -2.04. The lowest BCUT2D eigenvalue weighted by Crippen LogP contribution is -1.92. The summed E-state index contributed by atoms with van der Waals surface area (Å²) >= 11 is 1.90. The van der Waals surface area contributed by atoms with Crippen molar-refractivity contribution < 1.29 is 0 Å². The van der Waals surface area contributed by atoms with E-state index in [1.165, 1.54) is 23.1 Å². The molecule has 0 atom stereocenters. The van der Waals surface area contributed by atoms with Crippen LogP contribution >= 0.6 is 11.8 Å². The van der Waals surface area contributed by atoms with Crippen molar-refractivity contribution in [2.24, 2.45) is 0 Å². The molecule has 16 heavy (non-hydrogen) atoms. The number of hydrogen-bond acceptors (Lipinski definition) is 3. The van der Waals surface area contributed by atoms with Gasteiger partial charge in [-0.3, -0.25) is 0 Å². The summed E-state index contributed by atoms with van der Waals surface area (Å²) in [4.78, 5) is 4.09. The Kier molecular flexibility index (Phi) is 3.67. The molecule has 0 spiro atoms. The lowest BCUT2D eigenvalue weighted by molar-refractivity contribution is 0.936. The molecule has 1 heterocycles. The Bertz CT molecular complexity index is 482. The summed E-state index contributed by atoms with van der Waals surface area (Å²) in [6.45, 7) is 0. The average molecular weight is 232 g/mol. The van der Waals surface area contributed by atoms with Crippen LogP contribution in [0.3, 0.4) is 0 Å². The Morgan fingerprint density at radius 1 is 1.31 bits per heavy atom. The normalized spacial score (nSPS) is 10.8. The van der Waals surface area contributed by atoms with Gasteiger partial charge in [-0.15, -0.1) is 0 Å². The molecule has 0 bridgehead atoms. The second-order valence-corrected chi connectivity index (χ2v) is 4.83. The van der Waals surface area contributed by atoms with Crippen molar-refractivity contribution in [3.05, 3.63) is 36.0 Å². The van der Waals surface area contributed by atoms with Gasteiger partial charge >= 0.3 is 0 Å². The predicted molar refractivity (Wildman–Crippen MR) is 72.9 cm³/mol. The van der Waals surface area contributed by atoms with Crippen molar-refractivity contribution in [2.45, 2.75) is 12.8 Å². The summed E-state index contributed by atoms with van der Waals surface area (Å²) in [5.41, 5.74) is 7.20. The molecule has 0 aliphatic rings. The van der Waals surface area contributed by atoms with Gasteiger partial charge in [0.15, 0.2) is 0 Å². The number of pyridine rings is 1. The Hall–Kier alpha value is -1.22. The van der Waals surface area contributed by atoms with Gasteiger partial charge in [0.1, 0.15) is 5.82 Å². The van der Waals surface area contributed by atoms with Crippen LogP contribution in [0, 0.1) is 0 Å². The van der Waals surface area contributed by atoms with Gasteiger partial charge in [-0.25, -0.2) is 4.98 Å². The highest BCUT2D eigenvalue weighted by atomic mass is 32.2. The van der Waals surface area contributed by atoms with E-state index in [2.05, 4.69) is 29.4 Å². The molecule has 0 saturated carbocycles. The van der Waals surface area contributed by atoms with Crippen molar-refractivity contribution in [2.75, 3.05) is 17.7 Å². The molecule has 2 rings (SSSR count). The SMILES string of the molecule is CSCCCc1ccc2c(N)nccc2c1. The standard InChI is InChI=1S/C13H16N2S/c1-16-8-2-3-10-4-5-12-11(9-10)6-7-15-13(12)14/h4-7,9H,2-3,8H2,1H3,(H2,14,15). The van der Waals surface area contributed by atoms with Gasteiger partial charge in [0.25, 0.3) is 0 Å². The molecule has 0 aliphatic carbocycles. The minimum atomic E-state index is 0.619. The van der Waals surface area contributed by atoms with E-state index in [0.717, 1.165) is 11.8 Å². The predicted octanol–water partition coefficient (Wildman–Crippen LogP) is 3.11. The first-order valence-corrected chi connectivity index (χ1v) is 6.82. The van der Waals surface area contributed by atoms with E-state index >= 15 is 0 Å². The van der Waals surface area contributed by atoms with E-state index in [1.54, 1.807) is 6.20 Å². The summed E-state index contributed by atoms with van der Waals surface area (Å²) in [5, 5.41) is 2.24. The maximum absolute atomic E-state index is 5.81. The first-order valence-electron chi connectivity index (χ1n) is 5.43. The van der Waals surface area contributed by atoms with E-state index in [-0.39, 0.29) is 0 Å². The molecular weight excluding hydrogens is 216 g/mol. The smallest absolute Gasteiger partial charge is 0.131 e.